The number of benzene rings is 1. The molecule has 7 rings (SSSR count). The number of hydrogen-bond donors (Lipinski definition) is 3. The number of aliphatic hydroxyl groups is 3. The van der Waals surface area contributed by atoms with Gasteiger partial charge in [-0.05, 0) is 92.6 Å². The Kier molecular flexibility index (Phi) is 22.8. The van der Waals surface area contributed by atoms with Crippen LogP contribution in [0.4, 0.5) is 5.69 Å². The Morgan fingerprint density at radius 2 is 1.57 bits per heavy atom. The van der Waals surface area contributed by atoms with Crippen molar-refractivity contribution in [3.63, 3.8) is 0 Å². The maximum atomic E-state index is 15.5. The molecular weight excluding hydrogens is 1130 g/mol. The van der Waals surface area contributed by atoms with Crippen LogP contribution in [0, 0.1) is 29.6 Å². The van der Waals surface area contributed by atoms with Crippen molar-refractivity contribution in [2.75, 3.05) is 38.5 Å². The first-order valence-electron chi connectivity index (χ1n) is 29.5. The Hall–Kier alpha value is -3.38. The maximum absolute atomic E-state index is 15.5. The standard InChI is InChI=1S/C61H91Cl2N3O16S/c1-15-47-61(11)49(53(57(73)82-61)83-23-22-66(30-42-43(62)28-64-29-44(42)63)40-21-20-39(31-67)46(25-40)78-41-18-16-17-19-41)34(4)50(69)32(2)26-60(10,75-14)55(81-58-51(70)45(24-33(3)76-58)65(12)38(8)68)35(5)52(36(6)56(72)79-47)80-48-27-59(9,74-13)54(71)37(7)77-48/h20-21,25,28-29,32-37,41,45,47-49,51-55,58,67,70-71H,15-19,22-24,26-27,30-31H2,1-14H3/t32-,33-,34-,35+,36-,37+,45+,47-,48+,49+,51-,52+,53+,54+,55-,58+,59-,60-,61-/m1/s1. The number of ketones is 1. The molecule has 4 saturated heterocycles. The van der Waals surface area contributed by atoms with Gasteiger partial charge in [-0.1, -0.05) is 57.0 Å². The molecular formula is C61H91Cl2N3O16S. The number of aromatic nitrogens is 1. The third-order valence-electron chi connectivity index (χ3n) is 18.7. The number of fused-ring (bicyclic) bond motifs is 1. The number of amides is 1. The normalized spacial score (nSPS) is 37.6. The third-order valence-corrected chi connectivity index (χ3v) is 20.7. The number of rotatable bonds is 18. The molecule has 3 N–H and O–H groups in total. The molecule has 1 amide bonds. The molecule has 0 unspecified atom stereocenters. The predicted octanol–water partition coefficient (Wildman–Crippen LogP) is 8.50. The number of carbonyl (C=O) groups excluding carboxylic acids is 4. The highest BCUT2D eigenvalue weighted by Crippen LogP contribution is 2.50. The second kappa shape index (κ2) is 28.2. The van der Waals surface area contributed by atoms with Gasteiger partial charge >= 0.3 is 11.9 Å². The van der Waals surface area contributed by atoms with Gasteiger partial charge in [0.05, 0.1) is 70.3 Å². The summed E-state index contributed by atoms with van der Waals surface area (Å²) < 4.78 is 58.7. The molecule has 4 aliphatic heterocycles. The molecule has 83 heavy (non-hydrogen) atoms. The molecule has 1 aromatic heterocycles. The van der Waals surface area contributed by atoms with Crippen molar-refractivity contribution in [1.29, 1.82) is 0 Å². The minimum absolute atomic E-state index is 0.0252. The van der Waals surface area contributed by atoms with Gasteiger partial charge in [0, 0.05) is 112 Å². The first-order chi connectivity index (χ1) is 39.1. The Labute approximate surface area is 504 Å². The van der Waals surface area contributed by atoms with Crippen LogP contribution in [0.5, 0.6) is 5.75 Å². The minimum atomic E-state index is -1.51. The van der Waals surface area contributed by atoms with Crippen LogP contribution in [0.1, 0.15) is 139 Å². The lowest BCUT2D eigenvalue weighted by molar-refractivity contribution is -0.319. The molecule has 19 atom stereocenters. The molecule has 5 heterocycles. The number of hydrogen-bond acceptors (Lipinski definition) is 19. The van der Waals surface area contributed by atoms with Crippen LogP contribution in [-0.2, 0) is 70.2 Å². The number of ether oxygens (including phenoxy) is 9. The Balaban J connectivity index is 1.27. The van der Waals surface area contributed by atoms with Crippen LogP contribution < -0.4 is 9.64 Å². The topological polar surface area (TPSA) is 231 Å². The van der Waals surface area contributed by atoms with Crippen molar-refractivity contribution < 1.29 is 77.1 Å². The quantitative estimate of drug-likeness (QED) is 0.119. The van der Waals surface area contributed by atoms with Crippen LogP contribution in [0.25, 0.3) is 0 Å². The average molecular weight is 1230 g/mol. The smallest absolute Gasteiger partial charge is 0.320 e. The van der Waals surface area contributed by atoms with Crippen LogP contribution in [-0.4, -0.2) is 172 Å². The van der Waals surface area contributed by atoms with Crippen LogP contribution in [0.2, 0.25) is 10.0 Å². The van der Waals surface area contributed by atoms with Gasteiger partial charge in [-0.15, -0.1) is 11.8 Å². The summed E-state index contributed by atoms with van der Waals surface area (Å²) in [5.41, 5.74) is -1.95. The number of esters is 2. The van der Waals surface area contributed by atoms with E-state index in [9.17, 15) is 24.9 Å². The molecule has 5 aliphatic rings. The number of halogens is 2. The number of carbonyl (C=O) groups is 4. The van der Waals surface area contributed by atoms with Crippen molar-refractivity contribution in [3.05, 3.63) is 51.8 Å². The van der Waals surface area contributed by atoms with Gasteiger partial charge < -0.3 is 67.8 Å². The highest BCUT2D eigenvalue weighted by atomic mass is 35.5. The van der Waals surface area contributed by atoms with Crippen LogP contribution in [0.15, 0.2) is 30.6 Å². The molecule has 1 aliphatic carbocycles. The molecule has 1 aromatic carbocycles. The van der Waals surface area contributed by atoms with E-state index < -0.39 is 125 Å². The zero-order valence-corrected chi connectivity index (χ0v) is 53.2. The fourth-order valence-corrected chi connectivity index (χ4v) is 15.5. The van der Waals surface area contributed by atoms with Gasteiger partial charge in [0.2, 0.25) is 5.91 Å². The van der Waals surface area contributed by atoms with E-state index in [1.165, 1.54) is 50.2 Å². The van der Waals surface area contributed by atoms with Crippen molar-refractivity contribution in [1.82, 2.24) is 9.88 Å². The maximum Gasteiger partial charge on any atom is 0.320 e. The summed E-state index contributed by atoms with van der Waals surface area (Å²) in [4.78, 5) is 66.0. The number of nitrogens with zero attached hydrogens (tertiary/aromatic N) is 3. The van der Waals surface area contributed by atoms with Crippen molar-refractivity contribution in [2.45, 2.75) is 230 Å². The second-order valence-corrected chi connectivity index (χ2v) is 26.6. The lowest BCUT2D eigenvalue weighted by atomic mass is 9.70. The molecule has 5 fully saturated rings. The van der Waals surface area contributed by atoms with Crippen molar-refractivity contribution in [3.8, 4) is 5.75 Å². The van der Waals surface area contributed by atoms with E-state index in [0.717, 1.165) is 31.4 Å². The summed E-state index contributed by atoms with van der Waals surface area (Å²) in [7, 11) is 4.62. The van der Waals surface area contributed by atoms with E-state index in [4.69, 9.17) is 65.8 Å². The second-order valence-electron chi connectivity index (χ2n) is 24.5. The van der Waals surface area contributed by atoms with Crippen molar-refractivity contribution >= 4 is 64.3 Å². The lowest BCUT2D eigenvalue weighted by Crippen LogP contribution is -2.61. The molecule has 1 saturated carbocycles. The van der Waals surface area contributed by atoms with Crippen molar-refractivity contribution in [2.24, 2.45) is 29.6 Å². The van der Waals surface area contributed by atoms with E-state index in [1.54, 1.807) is 48.6 Å². The molecule has 22 heteroatoms. The van der Waals surface area contributed by atoms with Crippen LogP contribution in [0.3, 0.4) is 0 Å². The summed E-state index contributed by atoms with van der Waals surface area (Å²) in [6.07, 6.45) is -1.47. The number of likely N-dealkylation sites (N-methyl/N-ethyl adjacent to an activating group) is 1. The predicted molar refractivity (Wildman–Crippen MR) is 314 cm³/mol. The molecule has 0 bridgehead atoms. The number of aliphatic hydroxyl groups excluding tert-OH is 3. The fourth-order valence-electron chi connectivity index (χ4n) is 13.5. The molecule has 466 valence electrons. The van der Waals surface area contributed by atoms with Gasteiger partial charge in [-0.3, -0.25) is 24.2 Å². The van der Waals surface area contributed by atoms with Gasteiger partial charge in [-0.2, -0.15) is 0 Å². The highest BCUT2D eigenvalue weighted by molar-refractivity contribution is 8.00. The van der Waals surface area contributed by atoms with E-state index in [2.05, 4.69) is 9.88 Å². The molecule has 0 spiro atoms. The SMILES string of the molecule is CC[C@H]1OC(=O)[C@H](C)[C@@H](O[C@H]2C[C@@](C)(OC)[C@@H](O)[C@H](C)O2)[C@H](C)[C@@H](O[C@@H]2O[C@H](C)C[C@H](N(C)C(C)=O)[C@H]2O)[C@](C)(OC)C[C@@H](C)C(=O)[C@H](C)[C@H]2[C@H](SCCN(Cc3c(Cl)cncc3Cl)c3ccc(CO)c(OC4CCCC4)c3)C(=O)O[C@@]21C. The van der Waals surface area contributed by atoms with E-state index >= 15 is 9.59 Å². The summed E-state index contributed by atoms with van der Waals surface area (Å²) in [6.45, 7) is 19.6. The van der Waals surface area contributed by atoms with E-state index in [1.807, 2.05) is 45.9 Å². The number of Topliss-reactive ketones (excluding diaryl/α,β-unsaturated/α-hetero) is 1. The minimum Gasteiger partial charge on any atom is -0.490 e. The number of thioether (sulfide) groups is 1. The monoisotopic (exact) mass is 1220 g/mol. The average Bonchev–Trinajstić information content (AvgIpc) is 2.46. The van der Waals surface area contributed by atoms with Gasteiger partial charge in [0.25, 0.3) is 0 Å². The summed E-state index contributed by atoms with van der Waals surface area (Å²) >= 11 is 14.8. The summed E-state index contributed by atoms with van der Waals surface area (Å²) in [6, 6.07) is 4.98. The molecule has 19 nitrogen and oxygen atoms in total. The first kappa shape index (κ1) is 67.1. The zero-order chi connectivity index (χ0) is 61.0. The first-order valence-corrected chi connectivity index (χ1v) is 31.3. The Morgan fingerprint density at radius 1 is 0.904 bits per heavy atom. The summed E-state index contributed by atoms with van der Waals surface area (Å²) in [5.74, 6) is -5.15. The number of anilines is 1. The number of pyridine rings is 1. The van der Waals surface area contributed by atoms with E-state index in [-0.39, 0.29) is 50.2 Å². The van der Waals surface area contributed by atoms with Gasteiger partial charge in [0.1, 0.15) is 35.1 Å². The number of cyclic esters (lactones) is 1. The van der Waals surface area contributed by atoms with E-state index in [0.29, 0.717) is 45.6 Å². The Bertz CT molecular complexity index is 2550. The fraction of sp³-hybridized carbons (Fsp3) is 0.754. The van der Waals surface area contributed by atoms with Gasteiger partial charge in [0.15, 0.2) is 18.2 Å². The molecule has 0 radical (unpaired) electrons. The van der Waals surface area contributed by atoms with Gasteiger partial charge in [-0.25, -0.2) is 0 Å². The largest absolute Gasteiger partial charge is 0.490 e. The Morgan fingerprint density at radius 3 is 2.18 bits per heavy atom. The highest BCUT2D eigenvalue weighted by Gasteiger charge is 2.62. The van der Waals surface area contributed by atoms with Crippen LogP contribution >= 0.6 is 35.0 Å². The summed E-state index contributed by atoms with van der Waals surface area (Å²) in [5, 5.41) is 33.5. The lowest BCUT2D eigenvalue weighted by Gasteiger charge is -2.50. The molecule has 2 aromatic rings. The number of methoxy groups -OCH3 is 2. The third kappa shape index (κ3) is 14.6. The zero-order valence-electron chi connectivity index (χ0n) is 50.8.